The van der Waals surface area contributed by atoms with E-state index in [1.165, 1.54) is 18.4 Å². The lowest BCUT2D eigenvalue weighted by molar-refractivity contribution is -0.122. The normalized spacial score (nSPS) is 15.3. The van der Waals surface area contributed by atoms with E-state index in [-0.39, 0.29) is 11.9 Å². The first kappa shape index (κ1) is 16.7. The summed E-state index contributed by atoms with van der Waals surface area (Å²) in [5.41, 5.74) is 3.43. The maximum absolute atomic E-state index is 12.3. The van der Waals surface area contributed by atoms with Crippen LogP contribution in [0.4, 0.5) is 0 Å². The molecule has 0 radical (unpaired) electrons. The van der Waals surface area contributed by atoms with Crippen LogP contribution in [0.5, 0.6) is 0 Å². The van der Waals surface area contributed by atoms with Gasteiger partial charge in [0.2, 0.25) is 5.91 Å². The fourth-order valence-electron chi connectivity index (χ4n) is 3.17. The molecule has 1 aliphatic rings. The Bertz CT molecular complexity index is 682. The summed E-state index contributed by atoms with van der Waals surface area (Å²) in [5, 5.41) is 3.04. The number of aryl methyl sites for hydroxylation is 1. The van der Waals surface area contributed by atoms with Crippen molar-refractivity contribution in [3.05, 3.63) is 65.5 Å². The van der Waals surface area contributed by atoms with Gasteiger partial charge in [-0.3, -0.25) is 14.7 Å². The minimum atomic E-state index is 0.0577. The third-order valence-electron chi connectivity index (χ3n) is 4.66. The standard InChI is InChI=1S/C20H25N3O/c1-15-7-3-4-8-17(15)13-22-19(24)14-23(2)20(16-10-11-16)18-9-5-6-12-21-18/h3-9,12,16,20H,10-11,13-14H2,1-2H3,(H,22,24)/t20-/m0/s1. The Morgan fingerprint density at radius 1 is 1.25 bits per heavy atom. The van der Waals surface area contributed by atoms with Crippen molar-refractivity contribution >= 4 is 5.91 Å². The van der Waals surface area contributed by atoms with Gasteiger partial charge >= 0.3 is 0 Å². The van der Waals surface area contributed by atoms with Crippen molar-refractivity contribution in [3.8, 4) is 0 Å². The number of hydrogen-bond donors (Lipinski definition) is 1. The molecule has 1 fully saturated rings. The van der Waals surface area contributed by atoms with E-state index in [4.69, 9.17) is 0 Å². The van der Waals surface area contributed by atoms with Crippen molar-refractivity contribution in [1.82, 2.24) is 15.2 Å². The maximum Gasteiger partial charge on any atom is 0.234 e. The lowest BCUT2D eigenvalue weighted by atomic mass is 10.1. The average Bonchev–Trinajstić information content (AvgIpc) is 3.40. The van der Waals surface area contributed by atoms with Crippen LogP contribution < -0.4 is 5.32 Å². The molecule has 1 aromatic heterocycles. The molecule has 2 aromatic rings. The molecule has 4 nitrogen and oxygen atoms in total. The summed E-state index contributed by atoms with van der Waals surface area (Å²) in [5.74, 6) is 0.677. The Labute approximate surface area is 143 Å². The molecular formula is C20H25N3O. The van der Waals surface area contributed by atoms with E-state index in [2.05, 4.69) is 40.3 Å². The van der Waals surface area contributed by atoms with Gasteiger partial charge in [0.25, 0.3) is 0 Å². The van der Waals surface area contributed by atoms with Crippen molar-refractivity contribution in [2.24, 2.45) is 5.92 Å². The molecule has 126 valence electrons. The van der Waals surface area contributed by atoms with E-state index in [9.17, 15) is 4.79 Å². The smallest absolute Gasteiger partial charge is 0.234 e. The molecular weight excluding hydrogens is 298 g/mol. The highest BCUT2D eigenvalue weighted by atomic mass is 16.2. The number of nitrogens with one attached hydrogen (secondary N) is 1. The Kier molecular flexibility index (Phi) is 5.26. The molecule has 1 aliphatic carbocycles. The highest BCUT2D eigenvalue weighted by molar-refractivity contribution is 5.78. The van der Waals surface area contributed by atoms with Crippen LogP contribution in [0.25, 0.3) is 0 Å². The Morgan fingerprint density at radius 2 is 2.00 bits per heavy atom. The van der Waals surface area contributed by atoms with Crippen LogP contribution in [0.3, 0.4) is 0 Å². The summed E-state index contributed by atoms with van der Waals surface area (Å²) < 4.78 is 0. The van der Waals surface area contributed by atoms with E-state index < -0.39 is 0 Å². The molecule has 1 heterocycles. The fourth-order valence-corrected chi connectivity index (χ4v) is 3.17. The summed E-state index contributed by atoms with van der Waals surface area (Å²) >= 11 is 0. The zero-order valence-electron chi connectivity index (χ0n) is 14.4. The van der Waals surface area contributed by atoms with Gasteiger partial charge in [-0.1, -0.05) is 30.3 Å². The van der Waals surface area contributed by atoms with Crippen LogP contribution in [0.1, 0.15) is 35.7 Å². The van der Waals surface area contributed by atoms with Gasteiger partial charge in [0.1, 0.15) is 0 Å². The summed E-state index contributed by atoms with van der Waals surface area (Å²) in [4.78, 5) is 19.0. The molecule has 1 aromatic carbocycles. The Hall–Kier alpha value is -2.20. The predicted molar refractivity (Wildman–Crippen MR) is 95.4 cm³/mol. The van der Waals surface area contributed by atoms with Gasteiger partial charge in [-0.25, -0.2) is 0 Å². The van der Waals surface area contributed by atoms with Gasteiger partial charge in [-0.05, 0) is 56.0 Å². The molecule has 0 saturated heterocycles. The van der Waals surface area contributed by atoms with Crippen molar-refractivity contribution in [1.29, 1.82) is 0 Å². The van der Waals surface area contributed by atoms with Crippen LogP contribution in [-0.2, 0) is 11.3 Å². The van der Waals surface area contributed by atoms with Gasteiger partial charge in [0.05, 0.1) is 18.3 Å². The van der Waals surface area contributed by atoms with Crippen LogP contribution in [0.15, 0.2) is 48.7 Å². The number of carbonyl (C=O) groups is 1. The maximum atomic E-state index is 12.3. The molecule has 3 rings (SSSR count). The second-order valence-corrected chi connectivity index (χ2v) is 6.66. The van der Waals surface area contributed by atoms with E-state index in [1.807, 2.05) is 37.5 Å². The molecule has 4 heteroatoms. The van der Waals surface area contributed by atoms with Crippen molar-refractivity contribution in [2.45, 2.75) is 32.4 Å². The number of benzene rings is 1. The molecule has 0 spiro atoms. The number of pyridine rings is 1. The number of aromatic nitrogens is 1. The number of nitrogens with zero attached hydrogens (tertiary/aromatic N) is 2. The number of carbonyl (C=O) groups excluding carboxylic acids is 1. The van der Waals surface area contributed by atoms with Gasteiger partial charge < -0.3 is 5.32 Å². The minimum absolute atomic E-state index is 0.0577. The van der Waals surface area contributed by atoms with E-state index in [0.29, 0.717) is 19.0 Å². The summed E-state index contributed by atoms with van der Waals surface area (Å²) in [7, 11) is 2.02. The number of rotatable bonds is 7. The molecule has 1 N–H and O–H groups in total. The Balaban J connectivity index is 1.58. The molecule has 1 atom stereocenters. The van der Waals surface area contributed by atoms with Crippen LogP contribution in [-0.4, -0.2) is 29.4 Å². The monoisotopic (exact) mass is 323 g/mol. The van der Waals surface area contributed by atoms with Gasteiger partial charge in [-0.2, -0.15) is 0 Å². The molecule has 1 amide bonds. The first-order valence-electron chi connectivity index (χ1n) is 8.57. The second kappa shape index (κ2) is 7.58. The van der Waals surface area contributed by atoms with Crippen LogP contribution >= 0.6 is 0 Å². The van der Waals surface area contributed by atoms with Crippen molar-refractivity contribution in [3.63, 3.8) is 0 Å². The third kappa shape index (κ3) is 4.20. The minimum Gasteiger partial charge on any atom is -0.351 e. The first-order valence-corrected chi connectivity index (χ1v) is 8.57. The van der Waals surface area contributed by atoms with E-state index in [0.717, 1.165) is 11.3 Å². The van der Waals surface area contributed by atoms with Gasteiger partial charge in [0.15, 0.2) is 0 Å². The number of hydrogen-bond acceptors (Lipinski definition) is 3. The van der Waals surface area contributed by atoms with Gasteiger partial charge in [-0.15, -0.1) is 0 Å². The Morgan fingerprint density at radius 3 is 2.67 bits per heavy atom. The summed E-state index contributed by atoms with van der Waals surface area (Å²) in [6.07, 6.45) is 4.27. The highest BCUT2D eigenvalue weighted by Gasteiger charge is 2.36. The lowest BCUT2D eigenvalue weighted by Crippen LogP contribution is -2.37. The summed E-state index contributed by atoms with van der Waals surface area (Å²) in [6, 6.07) is 14.4. The van der Waals surface area contributed by atoms with Crippen LogP contribution in [0, 0.1) is 12.8 Å². The first-order chi connectivity index (χ1) is 11.6. The molecule has 0 aliphatic heterocycles. The number of amides is 1. The fraction of sp³-hybridized carbons (Fsp3) is 0.400. The van der Waals surface area contributed by atoms with Gasteiger partial charge in [0, 0.05) is 12.7 Å². The lowest BCUT2D eigenvalue weighted by Gasteiger charge is -2.27. The second-order valence-electron chi connectivity index (χ2n) is 6.66. The topological polar surface area (TPSA) is 45.2 Å². The van der Waals surface area contributed by atoms with Crippen molar-refractivity contribution < 1.29 is 4.79 Å². The largest absolute Gasteiger partial charge is 0.351 e. The highest BCUT2D eigenvalue weighted by Crippen LogP contribution is 2.43. The average molecular weight is 323 g/mol. The zero-order valence-corrected chi connectivity index (χ0v) is 14.4. The van der Waals surface area contributed by atoms with Crippen LogP contribution in [0.2, 0.25) is 0 Å². The van der Waals surface area contributed by atoms with E-state index >= 15 is 0 Å². The predicted octanol–water partition coefficient (Wildman–Crippen LogP) is 3.09. The molecule has 0 bridgehead atoms. The molecule has 24 heavy (non-hydrogen) atoms. The number of likely N-dealkylation sites (N-methyl/N-ethyl adjacent to an activating group) is 1. The molecule has 1 saturated carbocycles. The van der Waals surface area contributed by atoms with Crippen molar-refractivity contribution in [2.75, 3.05) is 13.6 Å². The van der Waals surface area contributed by atoms with E-state index in [1.54, 1.807) is 0 Å². The SMILES string of the molecule is Cc1ccccc1CNC(=O)CN(C)[C@H](c1ccccn1)C1CC1. The zero-order chi connectivity index (χ0) is 16.9. The molecule has 0 unspecified atom stereocenters. The quantitative estimate of drug-likeness (QED) is 0.851. The summed E-state index contributed by atoms with van der Waals surface area (Å²) in [6.45, 7) is 3.04. The third-order valence-corrected chi connectivity index (χ3v) is 4.66.